The summed E-state index contributed by atoms with van der Waals surface area (Å²) in [5, 5.41) is 29.1. The molecule has 106 valence electrons. The van der Waals surface area contributed by atoms with Gasteiger partial charge in [0, 0.05) is 5.39 Å². The maximum Gasteiger partial charge on any atom is 0.331 e. The van der Waals surface area contributed by atoms with Crippen molar-refractivity contribution in [2.24, 2.45) is 0 Å². The van der Waals surface area contributed by atoms with Gasteiger partial charge in [0.25, 0.3) is 0 Å². The minimum Gasteiger partial charge on any atom is -0.479 e. The van der Waals surface area contributed by atoms with E-state index in [-0.39, 0.29) is 0 Å². The Morgan fingerprint density at radius 1 is 1.33 bits per heavy atom. The van der Waals surface area contributed by atoms with E-state index in [9.17, 15) is 9.90 Å². The topological polar surface area (TPSA) is 110 Å². The molecule has 0 aliphatic heterocycles. The van der Waals surface area contributed by atoms with E-state index in [4.69, 9.17) is 0 Å². The third kappa shape index (κ3) is 1.52. The second kappa shape index (κ2) is 4.11. The van der Waals surface area contributed by atoms with Crippen molar-refractivity contribution < 1.29 is 9.90 Å². The van der Waals surface area contributed by atoms with Gasteiger partial charge in [0.05, 0.1) is 5.52 Å². The molecule has 0 unspecified atom stereocenters. The normalized spacial score (nSPS) is 16.8. The third-order valence-corrected chi connectivity index (χ3v) is 4.14. The average Bonchev–Trinajstić information content (AvgIpc) is 3.03. The zero-order chi connectivity index (χ0) is 14.4. The lowest BCUT2D eigenvalue weighted by atomic mass is 9.77. The highest BCUT2D eigenvalue weighted by molar-refractivity contribution is 5.91. The van der Waals surface area contributed by atoms with Gasteiger partial charge < -0.3 is 5.11 Å². The van der Waals surface area contributed by atoms with Gasteiger partial charge in [0.2, 0.25) is 5.82 Å². The summed E-state index contributed by atoms with van der Waals surface area (Å²) in [5.41, 5.74) is 0.391. The van der Waals surface area contributed by atoms with Crippen molar-refractivity contribution in [2.45, 2.75) is 24.8 Å². The van der Waals surface area contributed by atoms with Crippen LogP contribution in [0.2, 0.25) is 0 Å². The second-order valence-corrected chi connectivity index (χ2v) is 5.22. The van der Waals surface area contributed by atoms with Crippen LogP contribution < -0.4 is 0 Å². The predicted molar refractivity (Wildman–Crippen MR) is 72.4 cm³/mol. The summed E-state index contributed by atoms with van der Waals surface area (Å²) in [5.74, 6) is -0.517. The molecule has 0 saturated heterocycles. The zero-order valence-electron chi connectivity index (χ0n) is 11.0. The Kier molecular flexibility index (Phi) is 2.35. The van der Waals surface area contributed by atoms with E-state index in [0.29, 0.717) is 24.4 Å². The Morgan fingerprint density at radius 3 is 2.86 bits per heavy atom. The van der Waals surface area contributed by atoms with Crippen molar-refractivity contribution in [1.29, 1.82) is 0 Å². The highest BCUT2D eigenvalue weighted by Crippen LogP contribution is 2.41. The lowest BCUT2D eigenvalue weighted by Gasteiger charge is -2.37. The molecule has 21 heavy (non-hydrogen) atoms. The van der Waals surface area contributed by atoms with E-state index in [2.05, 4.69) is 25.7 Å². The average molecular weight is 284 g/mol. The molecule has 0 bridgehead atoms. The molecule has 4 rings (SSSR count). The molecule has 2 aromatic heterocycles. The van der Waals surface area contributed by atoms with E-state index >= 15 is 0 Å². The first-order valence-electron chi connectivity index (χ1n) is 6.68. The molecule has 3 aromatic rings. The quantitative estimate of drug-likeness (QED) is 0.747. The van der Waals surface area contributed by atoms with Crippen LogP contribution in [0.3, 0.4) is 0 Å². The fraction of sp³-hybridized carbons (Fsp3) is 0.308. The SMILES string of the molecule is O=C(O)C1(n2nnnc2-c2n[nH]c3ccccc23)CCC1. The van der Waals surface area contributed by atoms with E-state index in [1.165, 1.54) is 4.68 Å². The molecule has 2 N–H and O–H groups in total. The van der Waals surface area contributed by atoms with E-state index in [0.717, 1.165) is 17.3 Å². The van der Waals surface area contributed by atoms with Crippen LogP contribution in [0.4, 0.5) is 0 Å². The summed E-state index contributed by atoms with van der Waals surface area (Å²) in [4.78, 5) is 11.6. The number of carboxylic acids is 1. The van der Waals surface area contributed by atoms with Crippen LogP contribution in [0.25, 0.3) is 22.4 Å². The molecule has 8 nitrogen and oxygen atoms in total. The van der Waals surface area contributed by atoms with Crippen LogP contribution in [-0.4, -0.2) is 41.5 Å². The smallest absolute Gasteiger partial charge is 0.331 e. The molecule has 1 aliphatic carbocycles. The standard InChI is InChI=1S/C13H12N6O2/c20-12(21)13(6-3-7-13)19-11(16-17-18-19)10-8-4-1-2-5-9(8)14-15-10/h1-2,4-5H,3,6-7H2,(H,14,15)(H,20,21). The Bertz CT molecular complexity index is 832. The first kappa shape index (κ1) is 12.0. The Balaban J connectivity index is 1.92. The number of fused-ring (bicyclic) bond motifs is 1. The van der Waals surface area contributed by atoms with Gasteiger partial charge in [0.15, 0.2) is 5.54 Å². The summed E-state index contributed by atoms with van der Waals surface area (Å²) in [6.07, 6.45) is 1.92. The van der Waals surface area contributed by atoms with Gasteiger partial charge in [-0.25, -0.2) is 9.48 Å². The monoisotopic (exact) mass is 284 g/mol. The molecule has 1 aromatic carbocycles. The Hall–Kier alpha value is -2.77. The molecule has 2 heterocycles. The number of carboxylic acid groups (broad SMARTS) is 1. The molecule has 0 atom stereocenters. The number of aromatic nitrogens is 6. The summed E-state index contributed by atoms with van der Waals surface area (Å²) >= 11 is 0. The fourth-order valence-electron chi connectivity index (χ4n) is 2.78. The van der Waals surface area contributed by atoms with Crippen molar-refractivity contribution in [3.63, 3.8) is 0 Å². The molecule has 1 saturated carbocycles. The minimum atomic E-state index is -1.04. The second-order valence-electron chi connectivity index (χ2n) is 5.22. The summed E-state index contributed by atoms with van der Waals surface area (Å²) in [6.45, 7) is 0. The van der Waals surface area contributed by atoms with E-state index < -0.39 is 11.5 Å². The van der Waals surface area contributed by atoms with E-state index in [1.807, 2.05) is 24.3 Å². The van der Waals surface area contributed by atoms with Crippen LogP contribution >= 0.6 is 0 Å². The van der Waals surface area contributed by atoms with Gasteiger partial charge in [-0.1, -0.05) is 18.2 Å². The first-order valence-corrected chi connectivity index (χ1v) is 6.68. The molecule has 0 amide bonds. The number of hydrogen-bond acceptors (Lipinski definition) is 5. The number of rotatable bonds is 3. The Labute approximate surface area is 118 Å². The molecule has 1 aliphatic rings. The van der Waals surface area contributed by atoms with E-state index in [1.54, 1.807) is 0 Å². The molecule has 0 radical (unpaired) electrons. The van der Waals surface area contributed by atoms with Crippen LogP contribution in [0, 0.1) is 0 Å². The maximum atomic E-state index is 11.6. The summed E-state index contributed by atoms with van der Waals surface area (Å²) in [7, 11) is 0. The number of para-hydroxylation sites is 1. The highest BCUT2D eigenvalue weighted by Gasteiger charge is 2.49. The van der Waals surface area contributed by atoms with Crippen LogP contribution in [0.5, 0.6) is 0 Å². The number of aromatic amines is 1. The zero-order valence-corrected chi connectivity index (χ0v) is 11.0. The maximum absolute atomic E-state index is 11.6. The molecular weight excluding hydrogens is 272 g/mol. The van der Waals surface area contributed by atoms with Gasteiger partial charge in [-0.05, 0) is 35.8 Å². The largest absolute Gasteiger partial charge is 0.479 e. The lowest BCUT2D eigenvalue weighted by molar-refractivity contribution is -0.153. The number of hydrogen-bond donors (Lipinski definition) is 2. The number of nitrogens with one attached hydrogen (secondary N) is 1. The van der Waals surface area contributed by atoms with Gasteiger partial charge in [-0.3, -0.25) is 5.10 Å². The van der Waals surface area contributed by atoms with Gasteiger partial charge in [-0.15, -0.1) is 5.10 Å². The molecular formula is C13H12N6O2. The molecule has 0 spiro atoms. The summed E-state index contributed by atoms with van der Waals surface area (Å²) in [6, 6.07) is 7.60. The summed E-state index contributed by atoms with van der Waals surface area (Å²) < 4.78 is 1.40. The molecule has 8 heteroatoms. The number of tetrazole rings is 1. The molecule has 1 fully saturated rings. The number of benzene rings is 1. The van der Waals surface area contributed by atoms with Crippen molar-refractivity contribution in [3.05, 3.63) is 24.3 Å². The number of nitrogens with zero attached hydrogens (tertiary/aromatic N) is 5. The van der Waals surface area contributed by atoms with Crippen LogP contribution in [0.15, 0.2) is 24.3 Å². The van der Waals surface area contributed by atoms with Gasteiger partial charge in [0.1, 0.15) is 5.69 Å². The highest BCUT2D eigenvalue weighted by atomic mass is 16.4. The minimum absolute atomic E-state index is 0.384. The fourth-order valence-corrected chi connectivity index (χ4v) is 2.78. The van der Waals surface area contributed by atoms with Crippen LogP contribution in [-0.2, 0) is 10.3 Å². The van der Waals surface area contributed by atoms with Crippen LogP contribution in [0.1, 0.15) is 19.3 Å². The van der Waals surface area contributed by atoms with Crippen molar-refractivity contribution in [1.82, 2.24) is 30.4 Å². The number of carbonyl (C=O) groups is 1. The lowest BCUT2D eigenvalue weighted by Crippen LogP contribution is -2.48. The Morgan fingerprint density at radius 2 is 2.14 bits per heavy atom. The van der Waals surface area contributed by atoms with Gasteiger partial charge in [-0.2, -0.15) is 5.10 Å². The van der Waals surface area contributed by atoms with Crippen molar-refractivity contribution in [3.8, 4) is 11.5 Å². The number of aliphatic carboxylic acids is 1. The first-order chi connectivity index (χ1) is 10.2. The van der Waals surface area contributed by atoms with Crippen molar-refractivity contribution >= 4 is 16.9 Å². The van der Waals surface area contributed by atoms with Gasteiger partial charge >= 0.3 is 5.97 Å². The number of H-pyrrole nitrogens is 1. The predicted octanol–water partition coefficient (Wildman–Crippen LogP) is 1.18. The third-order valence-electron chi connectivity index (χ3n) is 4.14. The van der Waals surface area contributed by atoms with Crippen molar-refractivity contribution in [2.75, 3.05) is 0 Å².